The van der Waals surface area contributed by atoms with Crippen molar-refractivity contribution in [2.75, 3.05) is 85.8 Å². The molecule has 0 aliphatic heterocycles. The summed E-state index contributed by atoms with van der Waals surface area (Å²) in [6, 6.07) is 0. The van der Waals surface area contributed by atoms with Gasteiger partial charge < -0.3 is 29.4 Å². The van der Waals surface area contributed by atoms with E-state index in [1.807, 2.05) is 0 Å². The molecule has 1 amide bonds. The predicted octanol–water partition coefficient (Wildman–Crippen LogP) is 10.6. The Morgan fingerprint density at radius 1 is 0.431 bits per heavy atom. The van der Waals surface area contributed by atoms with Gasteiger partial charge in [0, 0.05) is 39.0 Å². The van der Waals surface area contributed by atoms with Gasteiger partial charge in [-0.2, -0.15) is 0 Å². The van der Waals surface area contributed by atoms with E-state index in [4.69, 9.17) is 4.74 Å². The van der Waals surface area contributed by atoms with Crippen molar-refractivity contribution in [1.82, 2.24) is 9.80 Å². The first kappa shape index (κ1) is 56.7. The number of rotatable bonds is 47. The first-order valence-electron chi connectivity index (χ1n) is 25.2. The van der Waals surface area contributed by atoms with Crippen LogP contribution in [-0.4, -0.2) is 127 Å². The molecular formula is C49H100N3O6+. The van der Waals surface area contributed by atoms with Crippen molar-refractivity contribution in [1.29, 1.82) is 0 Å². The molecule has 1 atom stereocenters. The fraction of sp³-hybridized carbons (Fsp3) is 0.959. The van der Waals surface area contributed by atoms with Gasteiger partial charge >= 0.3 is 5.97 Å². The summed E-state index contributed by atoms with van der Waals surface area (Å²) in [5, 5.41) is 29.4. The van der Waals surface area contributed by atoms with Gasteiger partial charge in [0.1, 0.15) is 13.2 Å². The summed E-state index contributed by atoms with van der Waals surface area (Å²) < 4.78 is 6.14. The lowest BCUT2D eigenvalue weighted by Crippen LogP contribution is -2.54. The fourth-order valence-electron chi connectivity index (χ4n) is 8.09. The Hall–Kier alpha value is -1.26. The van der Waals surface area contributed by atoms with E-state index in [1.165, 1.54) is 167 Å². The lowest BCUT2D eigenvalue weighted by molar-refractivity contribution is -0.908. The molecule has 0 aromatic carbocycles. The Morgan fingerprint density at radius 3 is 1.21 bits per heavy atom. The van der Waals surface area contributed by atoms with Crippen LogP contribution in [0.25, 0.3) is 0 Å². The largest absolute Gasteiger partial charge is 0.464 e. The van der Waals surface area contributed by atoms with Gasteiger partial charge in [0.25, 0.3) is 0 Å². The van der Waals surface area contributed by atoms with Crippen LogP contribution < -0.4 is 0 Å². The molecule has 0 aromatic heterocycles. The zero-order valence-electron chi connectivity index (χ0n) is 39.0. The molecule has 9 nitrogen and oxygen atoms in total. The number of hydrogen-bond donors (Lipinski definition) is 3. The maximum Gasteiger partial charge on any atom is 0.305 e. The zero-order chi connectivity index (χ0) is 42.6. The highest BCUT2D eigenvalue weighted by Gasteiger charge is 2.25. The van der Waals surface area contributed by atoms with E-state index < -0.39 is 0 Å². The Kier molecular flexibility index (Phi) is 42.9. The van der Waals surface area contributed by atoms with Gasteiger partial charge in [0.05, 0.1) is 46.5 Å². The van der Waals surface area contributed by atoms with Crippen LogP contribution in [0, 0.1) is 0 Å². The summed E-state index contributed by atoms with van der Waals surface area (Å²) in [7, 11) is 2.10. The number of amides is 1. The molecule has 58 heavy (non-hydrogen) atoms. The molecule has 0 saturated heterocycles. The number of esters is 1. The lowest BCUT2D eigenvalue weighted by atomic mass is 10.0. The summed E-state index contributed by atoms with van der Waals surface area (Å²) in [5.74, 6) is -0.0371. The van der Waals surface area contributed by atoms with Gasteiger partial charge in [-0.05, 0) is 12.8 Å². The minimum absolute atomic E-state index is 0.0227. The first-order valence-corrected chi connectivity index (χ1v) is 25.2. The summed E-state index contributed by atoms with van der Waals surface area (Å²) in [6.45, 7) is 9.41. The van der Waals surface area contributed by atoms with E-state index >= 15 is 0 Å². The number of carbonyl (C=O) groups is 2. The molecule has 1 unspecified atom stereocenters. The van der Waals surface area contributed by atoms with E-state index in [1.54, 1.807) is 4.90 Å². The van der Waals surface area contributed by atoms with Crippen LogP contribution in [0.5, 0.6) is 0 Å². The number of aliphatic hydroxyl groups is 3. The maximum atomic E-state index is 13.1. The lowest BCUT2D eigenvalue weighted by Gasteiger charge is -2.37. The number of quaternary nitrogens is 1. The SMILES string of the molecule is CCCCCCCCCCCCCCCCCC(=O)OCCN(CCO)CC[N+](C)(CCO)CCN(CCO)C(=O)CCCCCCCCCCCCCCCCC. The Balaban J connectivity index is 4.23. The first-order chi connectivity index (χ1) is 28.4. The maximum absolute atomic E-state index is 13.1. The Bertz CT molecular complexity index is 879. The third-order valence-electron chi connectivity index (χ3n) is 12.3. The van der Waals surface area contributed by atoms with Crippen molar-refractivity contribution in [3.8, 4) is 0 Å². The van der Waals surface area contributed by atoms with Crippen molar-refractivity contribution in [3.05, 3.63) is 0 Å². The smallest absolute Gasteiger partial charge is 0.305 e. The molecule has 0 fully saturated rings. The minimum atomic E-state index is -0.141. The van der Waals surface area contributed by atoms with Crippen LogP contribution >= 0.6 is 0 Å². The average Bonchev–Trinajstić information content (AvgIpc) is 3.21. The number of nitrogens with zero attached hydrogens (tertiary/aromatic N) is 3. The quantitative estimate of drug-likeness (QED) is 0.0318. The van der Waals surface area contributed by atoms with E-state index in [-0.39, 0.29) is 31.7 Å². The molecule has 0 aliphatic carbocycles. The topological polar surface area (TPSA) is 111 Å². The van der Waals surface area contributed by atoms with Gasteiger partial charge in [-0.1, -0.05) is 194 Å². The highest BCUT2D eigenvalue weighted by atomic mass is 16.5. The molecule has 0 radical (unpaired) electrons. The van der Waals surface area contributed by atoms with Crippen molar-refractivity contribution in [2.45, 2.75) is 219 Å². The normalized spacial score (nSPS) is 12.7. The molecule has 9 heteroatoms. The second-order valence-electron chi connectivity index (χ2n) is 17.8. The highest BCUT2D eigenvalue weighted by molar-refractivity contribution is 5.76. The van der Waals surface area contributed by atoms with E-state index in [0.29, 0.717) is 69.7 Å². The predicted molar refractivity (Wildman–Crippen MR) is 245 cm³/mol. The molecule has 0 saturated carbocycles. The number of ether oxygens (including phenoxy) is 1. The molecular weight excluding hydrogens is 727 g/mol. The number of aliphatic hydroxyl groups excluding tert-OH is 3. The summed E-state index contributed by atoms with van der Waals surface area (Å²) in [4.78, 5) is 29.5. The van der Waals surface area contributed by atoms with Crippen LogP contribution in [0.2, 0.25) is 0 Å². The van der Waals surface area contributed by atoms with E-state index in [0.717, 1.165) is 32.2 Å². The summed E-state index contributed by atoms with van der Waals surface area (Å²) >= 11 is 0. The van der Waals surface area contributed by atoms with Gasteiger partial charge in [-0.3, -0.25) is 14.5 Å². The van der Waals surface area contributed by atoms with Gasteiger partial charge in [-0.15, -0.1) is 0 Å². The summed E-state index contributed by atoms with van der Waals surface area (Å²) in [6.07, 6.45) is 39.9. The zero-order valence-corrected chi connectivity index (χ0v) is 39.0. The number of hydrogen-bond acceptors (Lipinski definition) is 7. The van der Waals surface area contributed by atoms with Gasteiger partial charge in [0.2, 0.25) is 5.91 Å². The molecule has 3 N–H and O–H groups in total. The molecule has 0 bridgehead atoms. The number of unbranched alkanes of at least 4 members (excludes halogenated alkanes) is 28. The molecule has 0 rings (SSSR count). The second kappa shape index (κ2) is 43.8. The molecule has 0 aliphatic rings. The average molecular weight is 827 g/mol. The molecule has 0 heterocycles. The van der Waals surface area contributed by atoms with E-state index in [2.05, 4.69) is 25.8 Å². The second-order valence-corrected chi connectivity index (χ2v) is 17.8. The minimum Gasteiger partial charge on any atom is -0.464 e. The molecule has 0 spiro atoms. The Morgan fingerprint density at radius 2 is 0.810 bits per heavy atom. The molecule has 0 aromatic rings. The monoisotopic (exact) mass is 827 g/mol. The van der Waals surface area contributed by atoms with Gasteiger partial charge in [0.15, 0.2) is 0 Å². The van der Waals surface area contributed by atoms with Crippen molar-refractivity contribution in [3.63, 3.8) is 0 Å². The van der Waals surface area contributed by atoms with Crippen molar-refractivity contribution in [2.24, 2.45) is 0 Å². The van der Waals surface area contributed by atoms with Crippen LogP contribution in [0.15, 0.2) is 0 Å². The van der Waals surface area contributed by atoms with Crippen LogP contribution in [0.1, 0.15) is 219 Å². The molecule has 346 valence electrons. The van der Waals surface area contributed by atoms with E-state index in [9.17, 15) is 24.9 Å². The van der Waals surface area contributed by atoms with Crippen molar-refractivity contribution < 1.29 is 34.1 Å². The van der Waals surface area contributed by atoms with Crippen LogP contribution in [-0.2, 0) is 14.3 Å². The summed E-state index contributed by atoms with van der Waals surface area (Å²) in [5.41, 5.74) is 0. The van der Waals surface area contributed by atoms with Gasteiger partial charge in [-0.25, -0.2) is 0 Å². The third-order valence-corrected chi connectivity index (χ3v) is 12.3. The van der Waals surface area contributed by atoms with Crippen molar-refractivity contribution >= 4 is 11.9 Å². The van der Waals surface area contributed by atoms with Crippen LogP contribution in [0.3, 0.4) is 0 Å². The fourth-order valence-corrected chi connectivity index (χ4v) is 8.09. The standard InChI is InChI=1S/C49H100N3O6/c1-4-6-8-10-12-14-16-18-20-22-24-26-28-30-32-34-48(56)51(39-45-54)37-42-52(3,43-46-55)41-36-50(38-44-53)40-47-58-49(57)35-33-31-29-27-25-23-21-19-17-15-13-11-9-7-5-2/h53-55H,4-47H2,1-3H3/q+1. The third kappa shape index (κ3) is 37.7. The Labute approximate surface area is 360 Å². The number of likely N-dealkylation sites (N-methyl/N-ethyl adjacent to an activating group) is 1. The number of carbonyl (C=O) groups excluding carboxylic acids is 2. The highest BCUT2D eigenvalue weighted by Crippen LogP contribution is 2.16. The van der Waals surface area contributed by atoms with Crippen LogP contribution in [0.4, 0.5) is 0 Å².